The van der Waals surface area contributed by atoms with E-state index in [1.807, 2.05) is 30.3 Å². The second-order valence-corrected chi connectivity index (χ2v) is 3.55. The molecule has 1 aliphatic rings. The van der Waals surface area contributed by atoms with Gasteiger partial charge in [0.05, 0.1) is 10.9 Å². The van der Waals surface area contributed by atoms with Crippen molar-refractivity contribution >= 4 is 22.8 Å². The van der Waals surface area contributed by atoms with Gasteiger partial charge in [-0.15, -0.1) is 0 Å². The van der Waals surface area contributed by atoms with Crippen LogP contribution in [-0.4, -0.2) is 10.8 Å². The Morgan fingerprint density at radius 2 is 2.13 bits per heavy atom. The zero-order valence-electron chi connectivity index (χ0n) is 8.07. The van der Waals surface area contributed by atoms with Gasteiger partial charge in [0.25, 0.3) is 0 Å². The quantitative estimate of drug-likeness (QED) is 0.670. The monoisotopic (exact) mass is 195 g/mol. The van der Waals surface area contributed by atoms with Crippen LogP contribution in [-0.2, 0) is 0 Å². The molecule has 0 saturated heterocycles. The average Bonchev–Trinajstić information content (AvgIpc) is 2.29. The van der Waals surface area contributed by atoms with E-state index in [1.54, 1.807) is 6.20 Å². The van der Waals surface area contributed by atoms with Crippen molar-refractivity contribution in [2.24, 2.45) is 4.99 Å². The van der Waals surface area contributed by atoms with Gasteiger partial charge in [0.1, 0.15) is 5.84 Å². The molecule has 15 heavy (non-hydrogen) atoms. The van der Waals surface area contributed by atoms with Crippen LogP contribution in [0.3, 0.4) is 0 Å². The van der Waals surface area contributed by atoms with Crippen LogP contribution >= 0.6 is 0 Å². The molecule has 0 bridgehead atoms. The number of nitrogens with zero attached hydrogens (tertiary/aromatic N) is 2. The minimum Gasteiger partial charge on any atom is -0.286 e. The molecule has 1 aliphatic heterocycles. The highest BCUT2D eigenvalue weighted by atomic mass is 14.8. The van der Waals surface area contributed by atoms with Crippen molar-refractivity contribution < 1.29 is 0 Å². The van der Waals surface area contributed by atoms with Crippen molar-refractivity contribution in [3.8, 4) is 0 Å². The molecular formula is C12H9N3. The van der Waals surface area contributed by atoms with Gasteiger partial charge in [0, 0.05) is 18.0 Å². The van der Waals surface area contributed by atoms with Crippen LogP contribution in [0.2, 0.25) is 0 Å². The molecule has 1 N–H and O–H groups in total. The van der Waals surface area contributed by atoms with Gasteiger partial charge in [-0.1, -0.05) is 24.3 Å². The van der Waals surface area contributed by atoms with Crippen LogP contribution in [0.1, 0.15) is 6.42 Å². The maximum absolute atomic E-state index is 7.57. The predicted octanol–water partition coefficient (Wildman–Crippen LogP) is 1.02. The van der Waals surface area contributed by atoms with E-state index in [1.165, 1.54) is 0 Å². The third-order valence-corrected chi connectivity index (χ3v) is 2.54. The van der Waals surface area contributed by atoms with Crippen LogP contribution in [0.25, 0.3) is 17.0 Å². The highest BCUT2D eigenvalue weighted by Gasteiger charge is 2.03. The van der Waals surface area contributed by atoms with E-state index in [-0.39, 0.29) is 0 Å². The lowest BCUT2D eigenvalue weighted by atomic mass is 10.1. The predicted molar refractivity (Wildman–Crippen MR) is 59.3 cm³/mol. The van der Waals surface area contributed by atoms with Crippen molar-refractivity contribution in [3.05, 3.63) is 41.0 Å². The number of hydrogen-bond acceptors (Lipinski definition) is 2. The van der Waals surface area contributed by atoms with Gasteiger partial charge in [-0.3, -0.25) is 10.4 Å². The topological polar surface area (TPSA) is 49.1 Å². The van der Waals surface area contributed by atoms with Crippen LogP contribution in [0, 0.1) is 5.41 Å². The molecule has 0 radical (unpaired) electrons. The van der Waals surface area contributed by atoms with Gasteiger partial charge in [0.2, 0.25) is 0 Å². The van der Waals surface area contributed by atoms with Crippen LogP contribution in [0.4, 0.5) is 0 Å². The molecule has 1 aromatic heterocycles. The van der Waals surface area contributed by atoms with Crippen molar-refractivity contribution in [2.75, 3.05) is 0 Å². The second-order valence-electron chi connectivity index (χ2n) is 3.55. The molecule has 0 saturated carbocycles. The molecule has 0 amide bonds. The number of hydrogen-bond donors (Lipinski definition) is 1. The Bertz CT molecular complexity index is 671. The summed E-state index contributed by atoms with van der Waals surface area (Å²) in [5, 5.41) is 10.6. The Balaban J connectivity index is 2.59. The average molecular weight is 195 g/mol. The summed E-state index contributed by atoms with van der Waals surface area (Å²) in [6.45, 7) is 0. The van der Waals surface area contributed by atoms with E-state index in [2.05, 4.69) is 9.98 Å². The van der Waals surface area contributed by atoms with E-state index >= 15 is 0 Å². The van der Waals surface area contributed by atoms with Crippen molar-refractivity contribution in [2.45, 2.75) is 6.42 Å². The van der Waals surface area contributed by atoms with Gasteiger partial charge in [0.15, 0.2) is 0 Å². The number of rotatable bonds is 0. The van der Waals surface area contributed by atoms with E-state index < -0.39 is 0 Å². The summed E-state index contributed by atoms with van der Waals surface area (Å²) in [5.74, 6) is 0.403. The Hall–Kier alpha value is -2.03. The van der Waals surface area contributed by atoms with E-state index in [4.69, 9.17) is 5.41 Å². The van der Waals surface area contributed by atoms with Crippen molar-refractivity contribution in [1.29, 1.82) is 5.41 Å². The number of fused-ring (bicyclic) bond motifs is 3. The number of nitrogens with one attached hydrogen (secondary N) is 1. The number of benzene rings is 1. The fourth-order valence-electron chi connectivity index (χ4n) is 1.81. The summed E-state index contributed by atoms with van der Waals surface area (Å²) in [4.78, 5) is 8.58. The van der Waals surface area contributed by atoms with Crippen molar-refractivity contribution in [1.82, 2.24) is 4.98 Å². The summed E-state index contributed by atoms with van der Waals surface area (Å²) in [6, 6.07) is 8.00. The Morgan fingerprint density at radius 3 is 3.07 bits per heavy atom. The smallest absolute Gasteiger partial charge is 0.125 e. The van der Waals surface area contributed by atoms with E-state index in [0.717, 1.165) is 21.5 Å². The standard InChI is InChI=1S/C12H9N3/c13-10-6-5-9-4-3-8-2-1-7-14-11(8)12(9)15-10/h1-5,7,13H,6H2. The summed E-state index contributed by atoms with van der Waals surface area (Å²) in [5.41, 5.74) is 0.885. The number of pyridine rings is 1. The summed E-state index contributed by atoms with van der Waals surface area (Å²) in [6.07, 6.45) is 4.40. The Labute approximate surface area is 86.3 Å². The molecule has 0 aliphatic carbocycles. The molecule has 3 heteroatoms. The number of aromatic nitrogens is 1. The first-order chi connectivity index (χ1) is 7.34. The summed E-state index contributed by atoms with van der Waals surface area (Å²) < 4.78 is 0. The lowest BCUT2D eigenvalue weighted by Gasteiger charge is -2.03. The van der Waals surface area contributed by atoms with E-state index in [0.29, 0.717) is 12.3 Å². The van der Waals surface area contributed by atoms with Crippen LogP contribution in [0.15, 0.2) is 35.5 Å². The molecule has 3 rings (SSSR count). The Morgan fingerprint density at radius 1 is 1.20 bits per heavy atom. The van der Waals surface area contributed by atoms with Crippen molar-refractivity contribution in [3.63, 3.8) is 0 Å². The number of amidine groups is 1. The first-order valence-electron chi connectivity index (χ1n) is 4.85. The molecule has 72 valence electrons. The van der Waals surface area contributed by atoms with E-state index in [9.17, 15) is 0 Å². The molecular weight excluding hydrogens is 186 g/mol. The van der Waals surface area contributed by atoms with Crippen LogP contribution < -0.4 is 10.6 Å². The van der Waals surface area contributed by atoms with Gasteiger partial charge >= 0.3 is 0 Å². The lowest BCUT2D eigenvalue weighted by molar-refractivity contribution is 1.22. The normalized spacial score (nSPS) is 14.3. The largest absolute Gasteiger partial charge is 0.286 e. The van der Waals surface area contributed by atoms with Gasteiger partial charge < -0.3 is 0 Å². The maximum atomic E-state index is 7.57. The zero-order chi connectivity index (χ0) is 10.3. The fourth-order valence-corrected chi connectivity index (χ4v) is 1.81. The molecule has 0 atom stereocenters. The van der Waals surface area contributed by atoms with Gasteiger partial charge in [-0.25, -0.2) is 4.99 Å². The molecule has 0 fully saturated rings. The summed E-state index contributed by atoms with van der Waals surface area (Å²) in [7, 11) is 0. The highest BCUT2D eigenvalue weighted by Crippen LogP contribution is 2.04. The third kappa shape index (κ3) is 1.24. The minimum atomic E-state index is 0.403. The summed E-state index contributed by atoms with van der Waals surface area (Å²) >= 11 is 0. The zero-order valence-corrected chi connectivity index (χ0v) is 8.07. The molecule has 2 heterocycles. The fraction of sp³-hybridized carbons (Fsp3) is 0.0833. The van der Waals surface area contributed by atoms with Crippen LogP contribution in [0.5, 0.6) is 0 Å². The lowest BCUT2D eigenvalue weighted by Crippen LogP contribution is -2.30. The maximum Gasteiger partial charge on any atom is 0.125 e. The molecule has 3 nitrogen and oxygen atoms in total. The first kappa shape index (κ1) is 8.29. The van der Waals surface area contributed by atoms with Gasteiger partial charge in [-0.05, 0) is 11.3 Å². The third-order valence-electron chi connectivity index (χ3n) is 2.54. The SMILES string of the molecule is N=C1CC=c2ccc3cccnc3c2=N1. The second kappa shape index (κ2) is 2.98. The first-order valence-corrected chi connectivity index (χ1v) is 4.85. The minimum absolute atomic E-state index is 0.403. The molecule has 0 unspecified atom stereocenters. The molecule has 1 aromatic carbocycles. The molecule has 0 spiro atoms. The molecule has 2 aromatic rings. The van der Waals surface area contributed by atoms with Gasteiger partial charge in [-0.2, -0.15) is 0 Å². The highest BCUT2D eigenvalue weighted by molar-refractivity contribution is 5.88. The Kier molecular flexibility index (Phi) is 1.65.